The van der Waals surface area contributed by atoms with Crippen molar-refractivity contribution < 1.29 is 9.53 Å². The van der Waals surface area contributed by atoms with Gasteiger partial charge in [-0.2, -0.15) is 0 Å². The van der Waals surface area contributed by atoms with Crippen molar-refractivity contribution in [3.8, 4) is 5.75 Å². The van der Waals surface area contributed by atoms with Gasteiger partial charge in [0.05, 0.1) is 0 Å². The number of amides is 1. The average Bonchev–Trinajstić information content (AvgIpc) is 2.48. The van der Waals surface area contributed by atoms with Gasteiger partial charge in [0.1, 0.15) is 12.4 Å². The molecule has 0 bridgehead atoms. The molecule has 2 atom stereocenters. The van der Waals surface area contributed by atoms with E-state index < -0.39 is 0 Å². The molecule has 1 aromatic rings. The molecule has 1 heterocycles. The first-order valence-electron chi connectivity index (χ1n) is 7.01. The predicted molar refractivity (Wildman–Crippen MR) is 87.3 cm³/mol. The molecule has 1 N–H and O–H groups in total. The molecule has 0 aromatic heterocycles. The van der Waals surface area contributed by atoms with Crippen LogP contribution in [0, 0.1) is 0 Å². The van der Waals surface area contributed by atoms with Gasteiger partial charge in [-0.3, -0.25) is 4.79 Å². The van der Waals surface area contributed by atoms with Gasteiger partial charge in [0.15, 0.2) is 0 Å². The van der Waals surface area contributed by atoms with Crippen LogP contribution in [0.1, 0.15) is 24.2 Å². The lowest BCUT2D eigenvalue weighted by molar-refractivity contribution is 0.0603. The summed E-state index contributed by atoms with van der Waals surface area (Å²) in [6.45, 7) is 9.86. The van der Waals surface area contributed by atoms with Crippen molar-refractivity contribution in [2.75, 3.05) is 19.7 Å². The highest BCUT2D eigenvalue weighted by molar-refractivity contribution is 5.94. The van der Waals surface area contributed by atoms with E-state index in [4.69, 9.17) is 4.74 Å². The predicted octanol–water partition coefficient (Wildman–Crippen LogP) is 2.50. The second-order valence-electron chi connectivity index (χ2n) is 5.11. The van der Waals surface area contributed by atoms with Gasteiger partial charge in [-0.25, -0.2) is 0 Å². The fourth-order valence-electron chi connectivity index (χ4n) is 2.36. The number of carbonyl (C=O) groups excluding carboxylic acids is 1. The zero-order valence-corrected chi connectivity index (χ0v) is 13.4. The van der Waals surface area contributed by atoms with Crippen LogP contribution in [0.2, 0.25) is 0 Å². The summed E-state index contributed by atoms with van der Waals surface area (Å²) in [7, 11) is 0. The second-order valence-corrected chi connectivity index (χ2v) is 5.11. The van der Waals surface area contributed by atoms with Crippen LogP contribution < -0.4 is 10.1 Å². The SMILES string of the molecule is C=CCOc1ccc(C(=O)N2CCNC(C)C2C)cc1.Cl. The van der Waals surface area contributed by atoms with Crippen LogP contribution in [-0.4, -0.2) is 42.6 Å². The lowest BCUT2D eigenvalue weighted by Gasteiger charge is -2.38. The number of hydrogen-bond acceptors (Lipinski definition) is 3. The smallest absolute Gasteiger partial charge is 0.254 e. The van der Waals surface area contributed by atoms with Crippen molar-refractivity contribution in [1.82, 2.24) is 10.2 Å². The fraction of sp³-hybridized carbons (Fsp3) is 0.438. The van der Waals surface area contributed by atoms with E-state index in [1.165, 1.54) is 0 Å². The molecule has 5 heteroatoms. The molecule has 4 nitrogen and oxygen atoms in total. The number of carbonyl (C=O) groups is 1. The Morgan fingerprint density at radius 3 is 2.71 bits per heavy atom. The summed E-state index contributed by atoms with van der Waals surface area (Å²) in [5, 5.41) is 3.38. The number of ether oxygens (including phenoxy) is 1. The number of halogens is 1. The zero-order valence-electron chi connectivity index (χ0n) is 12.5. The molecule has 0 saturated carbocycles. The minimum atomic E-state index is 0. The summed E-state index contributed by atoms with van der Waals surface area (Å²) in [4.78, 5) is 14.5. The largest absolute Gasteiger partial charge is 0.490 e. The summed E-state index contributed by atoms with van der Waals surface area (Å²) in [5.41, 5.74) is 0.705. The Hall–Kier alpha value is -1.52. The van der Waals surface area contributed by atoms with E-state index in [1.54, 1.807) is 6.08 Å². The standard InChI is InChI=1S/C16H22N2O2.ClH/c1-4-11-20-15-7-5-14(6-8-15)16(19)18-10-9-17-12(2)13(18)3;/h4-8,12-13,17H,1,9-11H2,2-3H3;1H. The van der Waals surface area contributed by atoms with E-state index in [0.29, 0.717) is 18.2 Å². The molecule has 1 aliphatic heterocycles. The number of nitrogens with zero attached hydrogens (tertiary/aromatic N) is 1. The van der Waals surface area contributed by atoms with E-state index >= 15 is 0 Å². The van der Waals surface area contributed by atoms with Crippen molar-refractivity contribution in [2.45, 2.75) is 25.9 Å². The maximum atomic E-state index is 12.5. The Labute approximate surface area is 132 Å². The van der Waals surface area contributed by atoms with Gasteiger partial charge < -0.3 is 15.0 Å². The average molecular weight is 311 g/mol. The van der Waals surface area contributed by atoms with Crippen molar-refractivity contribution >= 4 is 18.3 Å². The first kappa shape index (κ1) is 17.5. The third-order valence-electron chi connectivity index (χ3n) is 3.76. The highest BCUT2D eigenvalue weighted by Crippen LogP contribution is 2.17. The highest BCUT2D eigenvalue weighted by atomic mass is 35.5. The Balaban J connectivity index is 0.00000220. The number of piperazine rings is 1. The van der Waals surface area contributed by atoms with E-state index in [1.807, 2.05) is 29.2 Å². The first-order chi connectivity index (χ1) is 9.63. The molecule has 1 fully saturated rings. The topological polar surface area (TPSA) is 41.6 Å². The summed E-state index contributed by atoms with van der Waals surface area (Å²) in [6, 6.07) is 7.82. The highest BCUT2D eigenvalue weighted by Gasteiger charge is 2.28. The lowest BCUT2D eigenvalue weighted by atomic mass is 10.1. The van der Waals surface area contributed by atoms with Gasteiger partial charge in [0.2, 0.25) is 0 Å². The molecule has 116 valence electrons. The Kier molecular flexibility index (Phi) is 6.72. The van der Waals surface area contributed by atoms with Crippen molar-refractivity contribution in [1.29, 1.82) is 0 Å². The molecule has 21 heavy (non-hydrogen) atoms. The molecule has 1 saturated heterocycles. The minimum Gasteiger partial charge on any atom is -0.490 e. The van der Waals surface area contributed by atoms with E-state index in [0.717, 1.165) is 18.8 Å². The summed E-state index contributed by atoms with van der Waals surface area (Å²) in [6.07, 6.45) is 1.70. The maximum Gasteiger partial charge on any atom is 0.254 e. The molecule has 0 spiro atoms. The quantitative estimate of drug-likeness (QED) is 0.869. The number of nitrogens with one attached hydrogen (secondary N) is 1. The van der Waals surface area contributed by atoms with Crippen LogP contribution in [-0.2, 0) is 0 Å². The second kappa shape index (κ2) is 8.05. The Morgan fingerprint density at radius 1 is 1.43 bits per heavy atom. The monoisotopic (exact) mass is 310 g/mol. The molecule has 1 amide bonds. The van der Waals surface area contributed by atoms with Gasteiger partial charge in [-0.1, -0.05) is 12.7 Å². The first-order valence-corrected chi connectivity index (χ1v) is 7.01. The van der Waals surface area contributed by atoms with Crippen molar-refractivity contribution in [3.05, 3.63) is 42.5 Å². The molecular formula is C16H23ClN2O2. The molecule has 2 unspecified atom stereocenters. The third-order valence-corrected chi connectivity index (χ3v) is 3.76. The molecule has 0 radical (unpaired) electrons. The summed E-state index contributed by atoms with van der Waals surface area (Å²) in [5.74, 6) is 0.837. The van der Waals surface area contributed by atoms with Crippen molar-refractivity contribution in [3.63, 3.8) is 0 Å². The summed E-state index contributed by atoms with van der Waals surface area (Å²) < 4.78 is 5.42. The fourth-order valence-corrected chi connectivity index (χ4v) is 2.36. The van der Waals surface area contributed by atoms with Gasteiger partial charge >= 0.3 is 0 Å². The van der Waals surface area contributed by atoms with E-state index in [9.17, 15) is 4.79 Å². The Bertz CT molecular complexity index is 476. The van der Waals surface area contributed by atoms with Gasteiger partial charge in [0, 0.05) is 30.7 Å². The third kappa shape index (κ3) is 4.22. The molecule has 2 rings (SSSR count). The van der Waals surface area contributed by atoms with Crippen molar-refractivity contribution in [2.24, 2.45) is 0 Å². The number of hydrogen-bond donors (Lipinski definition) is 1. The lowest BCUT2D eigenvalue weighted by Crippen LogP contribution is -2.57. The van der Waals surface area contributed by atoms with Crippen LogP contribution in [0.15, 0.2) is 36.9 Å². The van der Waals surface area contributed by atoms with Crippen LogP contribution in [0.3, 0.4) is 0 Å². The van der Waals surface area contributed by atoms with Gasteiger partial charge in [0.25, 0.3) is 5.91 Å². The molecule has 1 aliphatic rings. The van der Waals surface area contributed by atoms with Crippen LogP contribution in [0.4, 0.5) is 0 Å². The number of rotatable bonds is 4. The normalized spacial score (nSPS) is 21.3. The van der Waals surface area contributed by atoms with E-state index in [-0.39, 0.29) is 24.4 Å². The van der Waals surface area contributed by atoms with Crippen LogP contribution in [0.5, 0.6) is 5.75 Å². The van der Waals surface area contributed by atoms with Gasteiger partial charge in [-0.05, 0) is 38.1 Å². The molecule has 0 aliphatic carbocycles. The zero-order chi connectivity index (χ0) is 14.5. The number of benzene rings is 1. The van der Waals surface area contributed by atoms with Gasteiger partial charge in [-0.15, -0.1) is 12.4 Å². The molecular weight excluding hydrogens is 288 g/mol. The minimum absolute atomic E-state index is 0. The Morgan fingerprint density at radius 2 is 2.10 bits per heavy atom. The van der Waals surface area contributed by atoms with Crippen LogP contribution >= 0.6 is 12.4 Å². The summed E-state index contributed by atoms with van der Waals surface area (Å²) >= 11 is 0. The maximum absolute atomic E-state index is 12.5. The molecule has 1 aromatic carbocycles. The van der Waals surface area contributed by atoms with Crippen LogP contribution in [0.25, 0.3) is 0 Å². The van der Waals surface area contributed by atoms with E-state index in [2.05, 4.69) is 25.7 Å².